The van der Waals surface area contributed by atoms with Crippen LogP contribution in [0.3, 0.4) is 0 Å². The average molecular weight is 322 g/mol. The van der Waals surface area contributed by atoms with Crippen LogP contribution in [-0.2, 0) is 0 Å². The van der Waals surface area contributed by atoms with E-state index in [1.807, 2.05) is 6.92 Å². The van der Waals surface area contributed by atoms with Crippen LogP contribution < -0.4 is 5.32 Å². The SMILES string of the molecule is CCCC(CCO)CNC(C)c1cc(F)c(Cl)cc1Cl. The monoisotopic (exact) mass is 321 g/mol. The molecule has 0 aromatic heterocycles. The molecule has 0 aliphatic carbocycles. The fourth-order valence-electron chi connectivity index (χ4n) is 2.26. The summed E-state index contributed by atoms with van der Waals surface area (Å²) < 4.78 is 13.5. The summed E-state index contributed by atoms with van der Waals surface area (Å²) in [5.41, 5.74) is 0.702. The number of hydrogen-bond donors (Lipinski definition) is 2. The lowest BCUT2D eigenvalue weighted by atomic mass is 9.99. The second-order valence-electron chi connectivity index (χ2n) is 5.08. The molecular weight excluding hydrogens is 300 g/mol. The van der Waals surface area contributed by atoms with Gasteiger partial charge in [0.05, 0.1) is 5.02 Å². The highest BCUT2D eigenvalue weighted by atomic mass is 35.5. The normalized spacial score (nSPS) is 14.3. The Balaban J connectivity index is 2.66. The first-order valence-electron chi connectivity index (χ1n) is 6.98. The largest absolute Gasteiger partial charge is 0.396 e. The van der Waals surface area contributed by atoms with Gasteiger partial charge in [-0.2, -0.15) is 0 Å². The molecule has 0 saturated heterocycles. The number of halogens is 3. The second-order valence-corrected chi connectivity index (χ2v) is 5.90. The van der Waals surface area contributed by atoms with E-state index in [9.17, 15) is 4.39 Å². The van der Waals surface area contributed by atoms with Gasteiger partial charge in [-0.3, -0.25) is 0 Å². The first-order chi connectivity index (χ1) is 9.49. The summed E-state index contributed by atoms with van der Waals surface area (Å²) in [6.07, 6.45) is 2.91. The predicted molar refractivity (Wildman–Crippen MR) is 82.9 cm³/mol. The molecule has 1 aromatic rings. The molecule has 2 N–H and O–H groups in total. The number of aliphatic hydroxyl groups is 1. The molecule has 0 aliphatic heterocycles. The molecule has 20 heavy (non-hydrogen) atoms. The third kappa shape index (κ3) is 5.21. The summed E-state index contributed by atoms with van der Waals surface area (Å²) in [5.74, 6) is -0.0384. The van der Waals surface area contributed by atoms with Gasteiger partial charge in [0.1, 0.15) is 5.82 Å². The van der Waals surface area contributed by atoms with Gasteiger partial charge in [-0.15, -0.1) is 0 Å². The topological polar surface area (TPSA) is 32.3 Å². The molecule has 2 nitrogen and oxygen atoms in total. The van der Waals surface area contributed by atoms with Crippen molar-refractivity contribution >= 4 is 23.2 Å². The first kappa shape index (κ1) is 17.7. The zero-order valence-electron chi connectivity index (χ0n) is 11.9. The van der Waals surface area contributed by atoms with E-state index in [2.05, 4.69) is 12.2 Å². The Morgan fingerprint density at radius 1 is 1.25 bits per heavy atom. The van der Waals surface area contributed by atoms with Gasteiger partial charge in [0.15, 0.2) is 0 Å². The minimum absolute atomic E-state index is 0.0371. The lowest BCUT2D eigenvalue weighted by Gasteiger charge is -2.21. The van der Waals surface area contributed by atoms with Crippen molar-refractivity contribution in [2.45, 2.75) is 39.2 Å². The van der Waals surface area contributed by atoms with Gasteiger partial charge < -0.3 is 10.4 Å². The maximum absolute atomic E-state index is 13.5. The van der Waals surface area contributed by atoms with E-state index in [1.54, 1.807) is 0 Å². The summed E-state index contributed by atoms with van der Waals surface area (Å²) >= 11 is 11.8. The molecule has 114 valence electrons. The molecule has 0 spiro atoms. The van der Waals surface area contributed by atoms with Crippen LogP contribution in [0, 0.1) is 11.7 Å². The Bertz CT molecular complexity index is 423. The molecule has 0 heterocycles. The van der Waals surface area contributed by atoms with E-state index in [0.717, 1.165) is 25.8 Å². The van der Waals surface area contributed by atoms with Gasteiger partial charge in [0.25, 0.3) is 0 Å². The van der Waals surface area contributed by atoms with E-state index in [-0.39, 0.29) is 17.7 Å². The second kappa shape index (κ2) is 8.83. The fraction of sp³-hybridized carbons (Fsp3) is 0.600. The highest BCUT2D eigenvalue weighted by Crippen LogP contribution is 2.28. The van der Waals surface area contributed by atoms with Crippen molar-refractivity contribution in [3.8, 4) is 0 Å². The van der Waals surface area contributed by atoms with Crippen LogP contribution >= 0.6 is 23.2 Å². The predicted octanol–water partition coefficient (Wildman–Crippen LogP) is 4.58. The van der Waals surface area contributed by atoms with Gasteiger partial charge in [0, 0.05) is 17.7 Å². The number of rotatable bonds is 8. The van der Waals surface area contributed by atoms with E-state index in [1.165, 1.54) is 12.1 Å². The molecule has 1 aromatic carbocycles. The maximum Gasteiger partial charge on any atom is 0.142 e. The standard InChI is InChI=1S/C15H22Cl2FNO/c1-3-4-11(5-6-20)9-19-10(2)12-7-15(18)14(17)8-13(12)16/h7-8,10-11,19-20H,3-6,9H2,1-2H3. The molecule has 0 saturated carbocycles. The van der Waals surface area contributed by atoms with Crippen LogP contribution in [0.15, 0.2) is 12.1 Å². The number of hydrogen-bond acceptors (Lipinski definition) is 2. The van der Waals surface area contributed by atoms with Gasteiger partial charge in [-0.05, 0) is 49.9 Å². The first-order valence-corrected chi connectivity index (χ1v) is 7.73. The summed E-state index contributed by atoms with van der Waals surface area (Å²) in [6, 6.07) is 2.75. The van der Waals surface area contributed by atoms with Crippen LogP contribution in [-0.4, -0.2) is 18.3 Å². The van der Waals surface area contributed by atoms with Crippen LogP contribution in [0.25, 0.3) is 0 Å². The van der Waals surface area contributed by atoms with Gasteiger partial charge in [-0.25, -0.2) is 4.39 Å². The van der Waals surface area contributed by atoms with Crippen LogP contribution in [0.5, 0.6) is 0 Å². The average Bonchev–Trinajstić information content (AvgIpc) is 2.40. The van der Waals surface area contributed by atoms with Gasteiger partial charge in [-0.1, -0.05) is 36.5 Å². The smallest absolute Gasteiger partial charge is 0.142 e. The van der Waals surface area contributed by atoms with Crippen molar-refractivity contribution in [2.24, 2.45) is 5.92 Å². The zero-order valence-corrected chi connectivity index (χ0v) is 13.4. The minimum atomic E-state index is -0.458. The molecule has 1 rings (SSSR count). The Labute approximate surface area is 130 Å². The van der Waals surface area contributed by atoms with Crippen LogP contribution in [0.1, 0.15) is 44.7 Å². The Morgan fingerprint density at radius 3 is 2.55 bits per heavy atom. The van der Waals surface area contributed by atoms with Crippen molar-refractivity contribution in [1.29, 1.82) is 0 Å². The number of benzene rings is 1. The Kier molecular flexibility index (Phi) is 7.82. The van der Waals surface area contributed by atoms with E-state index in [0.29, 0.717) is 16.5 Å². The molecule has 2 unspecified atom stereocenters. The quantitative estimate of drug-likeness (QED) is 0.687. The van der Waals surface area contributed by atoms with Crippen molar-refractivity contribution in [2.75, 3.05) is 13.2 Å². The summed E-state index contributed by atoms with van der Waals surface area (Å²) in [4.78, 5) is 0. The Morgan fingerprint density at radius 2 is 1.95 bits per heavy atom. The molecule has 0 bridgehead atoms. The highest BCUT2D eigenvalue weighted by molar-refractivity contribution is 6.35. The van der Waals surface area contributed by atoms with E-state index >= 15 is 0 Å². The molecule has 0 aliphatic rings. The van der Waals surface area contributed by atoms with Crippen LogP contribution in [0.4, 0.5) is 4.39 Å². The number of nitrogens with one attached hydrogen (secondary N) is 1. The fourth-order valence-corrected chi connectivity index (χ4v) is 2.81. The highest BCUT2D eigenvalue weighted by Gasteiger charge is 2.15. The van der Waals surface area contributed by atoms with Gasteiger partial charge in [0.2, 0.25) is 0 Å². The van der Waals surface area contributed by atoms with E-state index in [4.69, 9.17) is 28.3 Å². The zero-order chi connectivity index (χ0) is 15.1. The molecular formula is C15H22Cl2FNO. The van der Waals surface area contributed by atoms with Crippen LogP contribution in [0.2, 0.25) is 10.0 Å². The van der Waals surface area contributed by atoms with Crippen molar-refractivity contribution in [1.82, 2.24) is 5.32 Å². The third-order valence-electron chi connectivity index (χ3n) is 3.45. The lowest BCUT2D eigenvalue weighted by molar-refractivity contribution is 0.246. The van der Waals surface area contributed by atoms with Crippen molar-refractivity contribution in [3.63, 3.8) is 0 Å². The minimum Gasteiger partial charge on any atom is -0.396 e. The molecule has 5 heteroatoms. The lowest BCUT2D eigenvalue weighted by Crippen LogP contribution is -2.26. The van der Waals surface area contributed by atoms with Crippen molar-refractivity contribution in [3.05, 3.63) is 33.6 Å². The molecule has 0 fully saturated rings. The summed E-state index contributed by atoms with van der Waals surface area (Å²) in [5, 5.41) is 12.9. The third-order valence-corrected chi connectivity index (χ3v) is 4.07. The molecule has 0 radical (unpaired) electrons. The van der Waals surface area contributed by atoms with Gasteiger partial charge >= 0.3 is 0 Å². The molecule has 0 amide bonds. The Hall–Kier alpha value is -0.350. The summed E-state index contributed by atoms with van der Waals surface area (Å²) in [7, 11) is 0. The number of aliphatic hydroxyl groups excluding tert-OH is 1. The van der Waals surface area contributed by atoms with E-state index < -0.39 is 5.82 Å². The molecule has 2 atom stereocenters. The van der Waals surface area contributed by atoms with Crippen molar-refractivity contribution < 1.29 is 9.50 Å². The maximum atomic E-state index is 13.5. The summed E-state index contributed by atoms with van der Waals surface area (Å²) in [6.45, 7) is 5.03.